The van der Waals surface area contributed by atoms with Gasteiger partial charge in [0.2, 0.25) is 5.82 Å². The van der Waals surface area contributed by atoms with E-state index in [9.17, 15) is 23.6 Å². The van der Waals surface area contributed by atoms with Gasteiger partial charge in [0.25, 0.3) is 5.56 Å². The molecule has 0 saturated carbocycles. The van der Waals surface area contributed by atoms with E-state index in [2.05, 4.69) is 0 Å². The Morgan fingerprint density at radius 1 is 1.56 bits per heavy atom. The van der Waals surface area contributed by atoms with Crippen molar-refractivity contribution in [3.8, 4) is 0 Å². The first kappa shape index (κ1) is 7.09. The number of hydrogen-bond donors (Lipinski definition) is 3. The average Bonchev–Trinajstić information content (AvgIpc) is 2.41. The molecule has 0 unspecified atom stereocenters. The molecule has 98 valence electrons. The van der Waals surface area contributed by atoms with Crippen LogP contribution in [0.15, 0.2) is 15.8 Å². The fraction of sp³-hybridized carbons (Fsp3) is 0.333. The summed E-state index contributed by atoms with van der Waals surface area (Å²) in [5, 5.41) is 9.92. The summed E-state index contributed by atoms with van der Waals surface area (Å²) < 4.78 is 56.7. The molecule has 0 bridgehead atoms. The maximum Gasteiger partial charge on any atom is 0.336 e. The average molecular weight is 265 g/mol. The van der Waals surface area contributed by atoms with Crippen LogP contribution in [0.3, 0.4) is 0 Å². The number of hydrogen-bond acceptors (Lipinski definition) is 4. The van der Waals surface area contributed by atoms with Crippen LogP contribution in [0, 0.1) is 5.82 Å². The number of carboxylic acids is 1. The summed E-state index contributed by atoms with van der Waals surface area (Å²) in [6, 6.07) is -1.76. The number of aromatic amines is 1. The SMILES string of the molecule is [2H]C([2H])(NC(=O)n1cc(F)c(=O)[nH]c1=O)C([2H])([2H])C([2H])([2H])C(=O)O. The lowest BCUT2D eigenvalue weighted by molar-refractivity contribution is -0.137. The molecule has 0 spiro atoms. The lowest BCUT2D eigenvalue weighted by atomic mass is 10.3. The molecule has 9 heteroatoms. The molecule has 0 fully saturated rings. The number of carboxylic acid groups (broad SMARTS) is 1. The van der Waals surface area contributed by atoms with E-state index < -0.39 is 48.3 Å². The summed E-state index contributed by atoms with van der Waals surface area (Å²) in [7, 11) is 0. The molecular formula is C9H10FN3O5. The van der Waals surface area contributed by atoms with E-state index in [1.807, 2.05) is 0 Å². The van der Waals surface area contributed by atoms with Gasteiger partial charge < -0.3 is 10.4 Å². The zero-order valence-corrected chi connectivity index (χ0v) is 8.48. The predicted octanol–water partition coefficient (Wildman–Crippen LogP) is -0.902. The van der Waals surface area contributed by atoms with Gasteiger partial charge in [-0.05, 0) is 6.37 Å². The highest BCUT2D eigenvalue weighted by molar-refractivity contribution is 5.76. The van der Waals surface area contributed by atoms with Crippen LogP contribution < -0.4 is 16.6 Å². The molecule has 1 aromatic rings. The minimum Gasteiger partial charge on any atom is -0.481 e. The molecule has 0 radical (unpaired) electrons. The Labute approximate surface area is 107 Å². The van der Waals surface area contributed by atoms with Crippen molar-refractivity contribution in [3.63, 3.8) is 0 Å². The first-order chi connectivity index (χ1) is 10.6. The minimum absolute atomic E-state index is 0.105. The van der Waals surface area contributed by atoms with Crippen molar-refractivity contribution in [2.45, 2.75) is 12.7 Å². The predicted molar refractivity (Wildman–Crippen MR) is 56.9 cm³/mol. The molecule has 0 atom stereocenters. The van der Waals surface area contributed by atoms with Crippen molar-refractivity contribution < 1.29 is 27.3 Å². The fourth-order valence-corrected chi connectivity index (χ4v) is 0.828. The van der Waals surface area contributed by atoms with E-state index >= 15 is 0 Å². The van der Waals surface area contributed by atoms with Crippen LogP contribution >= 0.6 is 0 Å². The molecule has 1 heterocycles. The van der Waals surface area contributed by atoms with E-state index in [4.69, 9.17) is 13.3 Å². The van der Waals surface area contributed by atoms with E-state index in [-0.39, 0.29) is 10.8 Å². The Balaban J connectivity index is 3.26. The van der Waals surface area contributed by atoms with Gasteiger partial charge in [0.15, 0.2) is 0 Å². The van der Waals surface area contributed by atoms with Crippen molar-refractivity contribution >= 4 is 12.0 Å². The van der Waals surface area contributed by atoms with Crippen LogP contribution in [-0.2, 0) is 4.79 Å². The largest absolute Gasteiger partial charge is 0.481 e. The van der Waals surface area contributed by atoms with Crippen LogP contribution in [-0.4, -0.2) is 33.2 Å². The summed E-state index contributed by atoms with van der Waals surface area (Å²) in [5.41, 5.74) is -2.93. The number of nitrogens with one attached hydrogen (secondary N) is 2. The number of rotatable bonds is 4. The van der Waals surface area contributed by atoms with Crippen molar-refractivity contribution in [2.24, 2.45) is 0 Å². The smallest absolute Gasteiger partial charge is 0.336 e. The number of aromatic nitrogens is 2. The van der Waals surface area contributed by atoms with Crippen LogP contribution in [0.25, 0.3) is 0 Å². The third-order valence-electron chi connectivity index (χ3n) is 1.52. The quantitative estimate of drug-likeness (QED) is 0.651. The van der Waals surface area contributed by atoms with Gasteiger partial charge in [-0.3, -0.25) is 14.6 Å². The highest BCUT2D eigenvalue weighted by Crippen LogP contribution is 1.88. The molecule has 18 heavy (non-hydrogen) atoms. The Kier molecular flexibility index (Phi) is 2.27. The summed E-state index contributed by atoms with van der Waals surface area (Å²) in [5.74, 6) is -3.91. The van der Waals surface area contributed by atoms with E-state index in [1.54, 1.807) is 0 Å². The van der Waals surface area contributed by atoms with Gasteiger partial charge in [-0.1, -0.05) is 0 Å². The lowest BCUT2D eigenvalue weighted by Gasteiger charge is -2.05. The normalized spacial score (nSPS) is 17.4. The molecule has 1 amide bonds. The zero-order chi connectivity index (χ0) is 19.1. The summed E-state index contributed by atoms with van der Waals surface area (Å²) in [6.07, 6.45) is -7.44. The van der Waals surface area contributed by atoms with Crippen molar-refractivity contribution in [3.05, 3.63) is 32.9 Å². The van der Waals surface area contributed by atoms with Crippen LogP contribution in [0.2, 0.25) is 0 Å². The first-order valence-corrected chi connectivity index (χ1v) is 4.22. The van der Waals surface area contributed by atoms with Crippen molar-refractivity contribution in [2.75, 3.05) is 6.50 Å². The Bertz CT molecular complexity index is 804. The molecule has 3 N–H and O–H groups in total. The molecule has 0 saturated heterocycles. The Morgan fingerprint density at radius 3 is 2.83 bits per heavy atom. The molecular weight excluding hydrogens is 249 g/mol. The second kappa shape index (κ2) is 5.75. The van der Waals surface area contributed by atoms with E-state index in [0.29, 0.717) is 0 Å². The molecule has 1 rings (SSSR count). The third-order valence-corrected chi connectivity index (χ3v) is 1.52. The summed E-state index contributed by atoms with van der Waals surface area (Å²) in [6.45, 7) is -3.63. The van der Waals surface area contributed by atoms with Gasteiger partial charge in [-0.2, -0.15) is 4.39 Å². The summed E-state index contributed by atoms with van der Waals surface area (Å²) in [4.78, 5) is 46.1. The Hall–Kier alpha value is -2.45. The Morgan fingerprint density at radius 2 is 2.22 bits per heavy atom. The molecule has 0 aromatic carbocycles. The number of nitrogens with zero attached hydrogens (tertiary/aromatic N) is 1. The fourth-order valence-electron chi connectivity index (χ4n) is 0.828. The van der Waals surface area contributed by atoms with Gasteiger partial charge in [0.05, 0.1) is 6.20 Å². The second-order valence-corrected chi connectivity index (χ2v) is 2.72. The molecule has 1 aromatic heterocycles. The van der Waals surface area contributed by atoms with Crippen molar-refractivity contribution in [1.29, 1.82) is 0 Å². The van der Waals surface area contributed by atoms with Gasteiger partial charge in [0, 0.05) is 21.1 Å². The van der Waals surface area contributed by atoms with Gasteiger partial charge in [-0.25, -0.2) is 14.2 Å². The molecule has 0 aliphatic rings. The molecule has 8 nitrogen and oxygen atoms in total. The lowest BCUT2D eigenvalue weighted by Crippen LogP contribution is -2.41. The number of aliphatic carboxylic acids is 1. The van der Waals surface area contributed by atoms with Crippen LogP contribution in [0.4, 0.5) is 9.18 Å². The van der Waals surface area contributed by atoms with Gasteiger partial charge in [0.1, 0.15) is 0 Å². The standard InChI is InChI=1S/C9H10FN3O5/c10-5-4-13(9(18)12-7(5)16)8(17)11-3-1-2-6(14)15/h4H,1-3H2,(H,11,17)(H,14,15)(H,12,16,18)/i1D2,2D2,3D2. The number of carbonyl (C=O) groups is 2. The molecule has 0 aliphatic heterocycles. The number of carbonyl (C=O) groups excluding carboxylic acids is 1. The monoisotopic (exact) mass is 265 g/mol. The highest BCUT2D eigenvalue weighted by Gasteiger charge is 2.10. The van der Waals surface area contributed by atoms with Crippen LogP contribution in [0.1, 0.15) is 21.0 Å². The molecule has 0 aliphatic carbocycles. The summed E-state index contributed by atoms with van der Waals surface area (Å²) >= 11 is 0. The minimum atomic E-state index is -3.79. The maximum atomic E-state index is 13.1. The number of H-pyrrole nitrogens is 1. The van der Waals surface area contributed by atoms with Gasteiger partial charge >= 0.3 is 17.7 Å². The first-order valence-electron chi connectivity index (χ1n) is 7.22. The van der Waals surface area contributed by atoms with Crippen molar-refractivity contribution in [1.82, 2.24) is 14.9 Å². The topological polar surface area (TPSA) is 121 Å². The van der Waals surface area contributed by atoms with E-state index in [1.165, 1.54) is 10.3 Å². The third kappa shape index (κ3) is 3.54. The van der Waals surface area contributed by atoms with Gasteiger partial charge in [-0.15, -0.1) is 0 Å². The van der Waals surface area contributed by atoms with Crippen LogP contribution in [0.5, 0.6) is 0 Å². The zero-order valence-electron chi connectivity index (χ0n) is 14.5. The number of amides is 1. The van der Waals surface area contributed by atoms with E-state index in [0.717, 1.165) is 0 Å². The number of halogens is 1. The second-order valence-electron chi connectivity index (χ2n) is 2.72. The maximum absolute atomic E-state index is 13.1. The highest BCUT2D eigenvalue weighted by atomic mass is 19.1.